The van der Waals surface area contributed by atoms with E-state index in [0.717, 1.165) is 12.8 Å². The lowest BCUT2D eigenvalue weighted by atomic mass is 9.91. The molecule has 2 aliphatic rings. The fourth-order valence-corrected chi connectivity index (χ4v) is 4.28. The van der Waals surface area contributed by atoms with Gasteiger partial charge in [0.25, 0.3) is 0 Å². The van der Waals surface area contributed by atoms with E-state index in [9.17, 15) is 19.8 Å². The average molecular weight is 424 g/mol. The van der Waals surface area contributed by atoms with Crippen LogP contribution in [0.4, 0.5) is 5.69 Å². The Morgan fingerprint density at radius 2 is 2.00 bits per heavy atom. The molecule has 0 unspecified atom stereocenters. The van der Waals surface area contributed by atoms with Crippen molar-refractivity contribution < 1.29 is 19.8 Å². The molecule has 1 aromatic carbocycles. The molecule has 0 spiro atoms. The number of rotatable bonds is 8. The summed E-state index contributed by atoms with van der Waals surface area (Å²) in [7, 11) is 0. The fraction of sp³-hybridized carbons (Fsp3) is 0.619. The Labute approximate surface area is 176 Å². The molecule has 1 amide bonds. The van der Waals surface area contributed by atoms with Gasteiger partial charge in [0, 0.05) is 24.7 Å². The summed E-state index contributed by atoms with van der Waals surface area (Å²) in [4.78, 5) is 27.9. The van der Waals surface area contributed by atoms with E-state index in [2.05, 4.69) is 0 Å². The van der Waals surface area contributed by atoms with Crippen molar-refractivity contribution in [1.29, 1.82) is 0 Å². The molecule has 1 saturated carbocycles. The molecule has 0 radical (unpaired) electrons. The monoisotopic (exact) mass is 423 g/mol. The van der Waals surface area contributed by atoms with E-state index in [0.29, 0.717) is 23.8 Å². The molecule has 0 aromatic heterocycles. The Morgan fingerprint density at radius 3 is 2.59 bits per heavy atom. The maximum atomic E-state index is 12.8. The first-order valence-electron chi connectivity index (χ1n) is 10.1. The van der Waals surface area contributed by atoms with Gasteiger partial charge < -0.3 is 20.8 Å². The molecule has 160 valence electrons. The second-order valence-electron chi connectivity index (χ2n) is 8.87. The van der Waals surface area contributed by atoms with E-state index < -0.39 is 24.0 Å². The number of halogens is 1. The zero-order valence-corrected chi connectivity index (χ0v) is 17.7. The quantitative estimate of drug-likeness (QED) is 0.590. The normalized spacial score (nSPS) is 22.9. The third-order valence-electron chi connectivity index (χ3n) is 6.10. The first-order valence-corrected chi connectivity index (χ1v) is 10.4. The van der Waals surface area contributed by atoms with Crippen LogP contribution in [0.2, 0.25) is 5.02 Å². The van der Waals surface area contributed by atoms with Gasteiger partial charge in [-0.05, 0) is 51.2 Å². The maximum absolute atomic E-state index is 12.8. The van der Waals surface area contributed by atoms with Crippen molar-refractivity contribution in [2.24, 2.45) is 17.6 Å². The molecule has 1 aromatic rings. The van der Waals surface area contributed by atoms with Crippen LogP contribution in [-0.2, 0) is 9.59 Å². The number of nitrogens with zero attached hydrogens (tertiary/aromatic N) is 2. The van der Waals surface area contributed by atoms with Gasteiger partial charge in [-0.2, -0.15) is 0 Å². The summed E-state index contributed by atoms with van der Waals surface area (Å²) in [5.74, 6) is -1.36. The van der Waals surface area contributed by atoms with Crippen LogP contribution in [0.15, 0.2) is 24.3 Å². The summed E-state index contributed by atoms with van der Waals surface area (Å²) in [6.07, 6.45) is 1.01. The molecule has 1 saturated heterocycles. The van der Waals surface area contributed by atoms with E-state index in [1.165, 1.54) is 0 Å². The number of carbonyl (C=O) groups is 2. The summed E-state index contributed by atoms with van der Waals surface area (Å²) in [6.45, 7) is 4.95. The van der Waals surface area contributed by atoms with E-state index in [1.807, 2.05) is 36.9 Å². The van der Waals surface area contributed by atoms with Crippen molar-refractivity contribution in [2.45, 2.75) is 50.8 Å². The van der Waals surface area contributed by atoms with Crippen molar-refractivity contribution in [2.75, 3.05) is 24.5 Å². The number of carbonyl (C=O) groups excluding carboxylic acids is 1. The predicted octanol–water partition coefficient (Wildman–Crippen LogP) is 1.96. The van der Waals surface area contributed by atoms with Gasteiger partial charge in [0.2, 0.25) is 5.91 Å². The molecular formula is C21H30ClN3O4. The van der Waals surface area contributed by atoms with E-state index in [-0.39, 0.29) is 30.3 Å². The van der Waals surface area contributed by atoms with Crippen molar-refractivity contribution in [1.82, 2.24) is 4.90 Å². The van der Waals surface area contributed by atoms with Gasteiger partial charge in [0.1, 0.15) is 0 Å². The fourth-order valence-electron chi connectivity index (χ4n) is 4.04. The smallest absolute Gasteiger partial charge is 0.306 e. The average Bonchev–Trinajstić information content (AvgIpc) is 3.47. The lowest BCUT2D eigenvalue weighted by Gasteiger charge is -2.47. The van der Waals surface area contributed by atoms with Crippen LogP contribution >= 0.6 is 11.6 Å². The molecule has 8 heteroatoms. The molecule has 1 aliphatic carbocycles. The maximum Gasteiger partial charge on any atom is 0.306 e. The number of anilines is 1. The molecular weight excluding hydrogens is 394 g/mol. The molecule has 2 fully saturated rings. The standard InChI is InChI=1S/C21H30ClN3O4/c1-21(2)12-25(17-6-4-3-5-15(17)22)19(27)11-24(21)10-16(23)18(26)9-14(20(28)29)13-7-8-13/h3-6,13-14,16,18,26H,7-12,23H2,1-2H3,(H,28,29)/t14-,16-,18-/m0/s1. The number of para-hydroxylation sites is 1. The minimum Gasteiger partial charge on any atom is -0.481 e. The Hall–Kier alpha value is -1.67. The molecule has 1 aliphatic heterocycles. The zero-order valence-electron chi connectivity index (χ0n) is 16.9. The number of aliphatic carboxylic acids is 1. The Kier molecular flexibility index (Phi) is 6.53. The van der Waals surface area contributed by atoms with Gasteiger partial charge in [-0.1, -0.05) is 23.7 Å². The summed E-state index contributed by atoms with van der Waals surface area (Å²) in [6, 6.07) is 6.62. The van der Waals surface area contributed by atoms with Crippen LogP contribution in [0.5, 0.6) is 0 Å². The SMILES string of the molecule is CC1(C)CN(c2ccccc2Cl)C(=O)CN1C[C@H](N)[C@@H](O)C[C@H](C(=O)O)C1CC1. The number of amides is 1. The highest BCUT2D eigenvalue weighted by atomic mass is 35.5. The molecule has 7 nitrogen and oxygen atoms in total. The number of hydrogen-bond donors (Lipinski definition) is 3. The summed E-state index contributed by atoms with van der Waals surface area (Å²) >= 11 is 6.27. The Balaban J connectivity index is 1.64. The van der Waals surface area contributed by atoms with Crippen molar-refractivity contribution in [3.05, 3.63) is 29.3 Å². The number of carboxylic acid groups (broad SMARTS) is 1. The highest BCUT2D eigenvalue weighted by Crippen LogP contribution is 2.39. The van der Waals surface area contributed by atoms with Crippen LogP contribution < -0.4 is 10.6 Å². The molecule has 3 atom stereocenters. The molecule has 3 rings (SSSR count). The first kappa shape index (κ1) is 22.0. The minimum absolute atomic E-state index is 0.0829. The molecule has 4 N–H and O–H groups in total. The van der Waals surface area contributed by atoms with Crippen LogP contribution in [0, 0.1) is 11.8 Å². The second kappa shape index (κ2) is 8.60. The van der Waals surface area contributed by atoms with Crippen molar-refractivity contribution >= 4 is 29.2 Å². The lowest BCUT2D eigenvalue weighted by Crippen LogP contribution is -2.64. The van der Waals surface area contributed by atoms with Crippen LogP contribution in [0.25, 0.3) is 0 Å². The third kappa shape index (κ3) is 5.09. The number of hydrogen-bond acceptors (Lipinski definition) is 5. The van der Waals surface area contributed by atoms with Gasteiger partial charge in [-0.3, -0.25) is 14.5 Å². The van der Waals surface area contributed by atoms with Crippen molar-refractivity contribution in [3.8, 4) is 0 Å². The molecule has 0 bridgehead atoms. The van der Waals surface area contributed by atoms with E-state index in [1.54, 1.807) is 11.0 Å². The number of piperazine rings is 1. The number of carboxylic acids is 1. The number of nitrogens with two attached hydrogens (primary N) is 1. The van der Waals surface area contributed by atoms with Gasteiger partial charge in [-0.25, -0.2) is 0 Å². The summed E-state index contributed by atoms with van der Waals surface area (Å²) < 4.78 is 0. The molecule has 29 heavy (non-hydrogen) atoms. The minimum atomic E-state index is -0.927. The summed E-state index contributed by atoms with van der Waals surface area (Å²) in [5, 5.41) is 20.4. The van der Waals surface area contributed by atoms with Crippen LogP contribution in [0.1, 0.15) is 33.1 Å². The highest BCUT2D eigenvalue weighted by Gasteiger charge is 2.42. The number of benzene rings is 1. The second-order valence-corrected chi connectivity index (χ2v) is 9.28. The van der Waals surface area contributed by atoms with E-state index in [4.69, 9.17) is 17.3 Å². The Morgan fingerprint density at radius 1 is 1.34 bits per heavy atom. The Bertz CT molecular complexity index is 768. The third-order valence-corrected chi connectivity index (χ3v) is 6.42. The zero-order chi connectivity index (χ0) is 21.3. The van der Waals surface area contributed by atoms with Crippen LogP contribution in [0.3, 0.4) is 0 Å². The number of aliphatic hydroxyl groups excluding tert-OH is 1. The van der Waals surface area contributed by atoms with E-state index >= 15 is 0 Å². The number of aliphatic hydroxyl groups is 1. The van der Waals surface area contributed by atoms with Crippen molar-refractivity contribution in [3.63, 3.8) is 0 Å². The first-order chi connectivity index (χ1) is 13.6. The largest absolute Gasteiger partial charge is 0.481 e. The van der Waals surface area contributed by atoms with Gasteiger partial charge in [0.05, 0.1) is 29.3 Å². The van der Waals surface area contributed by atoms with Crippen LogP contribution in [-0.4, -0.2) is 64.3 Å². The lowest BCUT2D eigenvalue weighted by molar-refractivity contribution is -0.143. The van der Waals surface area contributed by atoms with Gasteiger partial charge in [-0.15, -0.1) is 0 Å². The summed E-state index contributed by atoms with van der Waals surface area (Å²) in [5.41, 5.74) is 6.53. The predicted molar refractivity (Wildman–Crippen MR) is 112 cm³/mol. The van der Waals surface area contributed by atoms with Gasteiger partial charge >= 0.3 is 5.97 Å². The molecule has 1 heterocycles. The topological polar surface area (TPSA) is 107 Å². The van der Waals surface area contributed by atoms with Gasteiger partial charge in [0.15, 0.2) is 0 Å². The highest BCUT2D eigenvalue weighted by molar-refractivity contribution is 6.33.